The fourth-order valence-electron chi connectivity index (χ4n) is 3.67. The number of primary sulfonamides is 1. The Balaban J connectivity index is 1.76. The van der Waals surface area contributed by atoms with Crippen molar-refractivity contribution in [1.29, 1.82) is 0 Å². The van der Waals surface area contributed by atoms with E-state index in [1.165, 1.54) is 12.1 Å². The monoisotopic (exact) mass is 471 g/mol. The van der Waals surface area contributed by atoms with Crippen LogP contribution in [0.2, 0.25) is 5.02 Å². The molecule has 2 N–H and O–H groups in total. The van der Waals surface area contributed by atoms with Gasteiger partial charge in [-0.05, 0) is 59.7 Å². The van der Waals surface area contributed by atoms with Crippen molar-refractivity contribution in [3.8, 4) is 11.5 Å². The molecular formula is C23H22ClN3O4S. The van der Waals surface area contributed by atoms with Crippen molar-refractivity contribution in [2.45, 2.75) is 17.4 Å². The number of nitrogens with zero attached hydrogens (tertiary/aromatic N) is 2. The highest BCUT2D eigenvalue weighted by molar-refractivity contribution is 7.89. The standard InChI is InChI=1S/C23H22ClN3O4S/c1-30-22-12-5-16(13-23(22)31-2)21-14-20(15-3-6-17(24)7-4-15)26-27(21)18-8-10-19(11-9-18)32(25,28)29/h3-13,21H,14H2,1-2H3,(H2,25,28,29)/t21-/m1/s1. The summed E-state index contributed by atoms with van der Waals surface area (Å²) in [6.07, 6.45) is 0.633. The van der Waals surface area contributed by atoms with Gasteiger partial charge in [-0.15, -0.1) is 0 Å². The predicted molar refractivity (Wildman–Crippen MR) is 125 cm³/mol. The van der Waals surface area contributed by atoms with Crippen LogP contribution in [0.1, 0.15) is 23.6 Å². The van der Waals surface area contributed by atoms with Crippen LogP contribution in [-0.4, -0.2) is 28.3 Å². The molecule has 9 heteroatoms. The second kappa shape index (κ2) is 8.82. The van der Waals surface area contributed by atoms with E-state index >= 15 is 0 Å². The van der Waals surface area contributed by atoms with Crippen molar-refractivity contribution < 1.29 is 17.9 Å². The summed E-state index contributed by atoms with van der Waals surface area (Å²) in [6, 6.07) is 19.5. The number of hydrogen-bond acceptors (Lipinski definition) is 6. The summed E-state index contributed by atoms with van der Waals surface area (Å²) in [5.41, 5.74) is 3.56. The SMILES string of the molecule is COc1ccc([C@H]2CC(c3ccc(Cl)cc3)=NN2c2ccc(S(N)(=O)=O)cc2)cc1OC. The molecule has 4 rings (SSSR count). The Bertz CT molecular complexity index is 1260. The van der Waals surface area contributed by atoms with Gasteiger partial charge in [0.1, 0.15) is 0 Å². The number of methoxy groups -OCH3 is 2. The molecule has 1 heterocycles. The Hall–Kier alpha value is -3.07. The van der Waals surface area contributed by atoms with Crippen molar-refractivity contribution in [2.24, 2.45) is 10.2 Å². The van der Waals surface area contributed by atoms with E-state index < -0.39 is 10.0 Å². The number of rotatable bonds is 6. The third kappa shape index (κ3) is 4.43. The van der Waals surface area contributed by atoms with Crippen LogP contribution >= 0.6 is 11.6 Å². The first-order chi connectivity index (χ1) is 15.3. The number of ether oxygens (including phenoxy) is 2. The first kappa shape index (κ1) is 22.1. The molecule has 0 bridgehead atoms. The van der Waals surface area contributed by atoms with Crippen LogP contribution in [0.3, 0.4) is 0 Å². The Labute approximate surface area is 192 Å². The van der Waals surface area contributed by atoms with Crippen LogP contribution < -0.4 is 19.6 Å². The first-order valence-electron chi connectivity index (χ1n) is 9.77. The van der Waals surface area contributed by atoms with Crippen LogP contribution in [0.15, 0.2) is 76.7 Å². The molecule has 0 aliphatic carbocycles. The van der Waals surface area contributed by atoms with E-state index in [-0.39, 0.29) is 10.9 Å². The van der Waals surface area contributed by atoms with Crippen molar-refractivity contribution in [2.75, 3.05) is 19.2 Å². The molecule has 166 valence electrons. The Morgan fingerprint density at radius 3 is 2.22 bits per heavy atom. The molecule has 0 saturated heterocycles. The minimum Gasteiger partial charge on any atom is -0.493 e. The average molecular weight is 472 g/mol. The summed E-state index contributed by atoms with van der Waals surface area (Å²) in [5.74, 6) is 1.26. The van der Waals surface area contributed by atoms with Crippen molar-refractivity contribution in [3.05, 3.63) is 82.9 Å². The molecule has 7 nitrogen and oxygen atoms in total. The fraction of sp³-hybridized carbons (Fsp3) is 0.174. The van der Waals surface area contributed by atoms with Gasteiger partial charge in [-0.2, -0.15) is 5.10 Å². The lowest BCUT2D eigenvalue weighted by Crippen LogP contribution is -2.19. The van der Waals surface area contributed by atoms with E-state index in [1.54, 1.807) is 26.4 Å². The molecule has 0 saturated carbocycles. The lowest BCUT2D eigenvalue weighted by atomic mass is 9.98. The van der Waals surface area contributed by atoms with Crippen LogP contribution in [0, 0.1) is 0 Å². The van der Waals surface area contributed by atoms with Crippen LogP contribution in [0.25, 0.3) is 0 Å². The molecule has 0 fully saturated rings. The van der Waals surface area contributed by atoms with E-state index in [0.717, 1.165) is 22.5 Å². The Morgan fingerprint density at radius 2 is 1.62 bits per heavy atom. The predicted octanol–water partition coefficient (Wildman–Crippen LogP) is 4.36. The summed E-state index contributed by atoms with van der Waals surface area (Å²) in [5, 5.41) is 12.6. The number of benzene rings is 3. The molecular weight excluding hydrogens is 450 g/mol. The van der Waals surface area contributed by atoms with Gasteiger partial charge in [0, 0.05) is 11.4 Å². The molecule has 1 atom stereocenters. The van der Waals surface area contributed by atoms with Gasteiger partial charge in [-0.25, -0.2) is 13.6 Å². The van der Waals surface area contributed by atoms with Gasteiger partial charge < -0.3 is 9.47 Å². The molecule has 3 aromatic rings. The summed E-state index contributed by atoms with van der Waals surface area (Å²) in [4.78, 5) is 0.0463. The summed E-state index contributed by atoms with van der Waals surface area (Å²) in [7, 11) is -0.596. The maximum absolute atomic E-state index is 11.6. The lowest BCUT2D eigenvalue weighted by molar-refractivity contribution is 0.354. The number of hydrazone groups is 1. The van der Waals surface area contributed by atoms with Crippen LogP contribution in [0.5, 0.6) is 11.5 Å². The molecule has 3 aromatic carbocycles. The molecule has 0 aromatic heterocycles. The normalized spacial score (nSPS) is 16.1. The van der Waals surface area contributed by atoms with Gasteiger partial charge in [0.15, 0.2) is 11.5 Å². The Kier molecular flexibility index (Phi) is 6.10. The largest absolute Gasteiger partial charge is 0.493 e. The van der Waals surface area contributed by atoms with Gasteiger partial charge in [-0.1, -0.05) is 29.8 Å². The van der Waals surface area contributed by atoms with Crippen LogP contribution in [-0.2, 0) is 10.0 Å². The molecule has 1 aliphatic heterocycles. The fourth-order valence-corrected chi connectivity index (χ4v) is 4.31. The number of halogens is 1. The quantitative estimate of drug-likeness (QED) is 0.576. The number of anilines is 1. The summed E-state index contributed by atoms with van der Waals surface area (Å²) in [6.45, 7) is 0. The second-order valence-electron chi connectivity index (χ2n) is 7.27. The van der Waals surface area contributed by atoms with E-state index in [9.17, 15) is 8.42 Å². The molecule has 0 spiro atoms. The highest BCUT2D eigenvalue weighted by atomic mass is 35.5. The first-order valence-corrected chi connectivity index (χ1v) is 11.7. The lowest BCUT2D eigenvalue weighted by Gasteiger charge is -2.24. The van der Waals surface area contributed by atoms with E-state index in [0.29, 0.717) is 22.9 Å². The zero-order valence-corrected chi connectivity index (χ0v) is 19.1. The van der Waals surface area contributed by atoms with E-state index in [4.69, 9.17) is 31.3 Å². The third-order valence-corrected chi connectivity index (χ3v) is 6.49. The van der Waals surface area contributed by atoms with Gasteiger partial charge in [0.05, 0.1) is 36.6 Å². The van der Waals surface area contributed by atoms with E-state index in [2.05, 4.69) is 0 Å². The molecule has 0 amide bonds. The maximum Gasteiger partial charge on any atom is 0.238 e. The number of sulfonamides is 1. The third-order valence-electron chi connectivity index (χ3n) is 5.31. The average Bonchev–Trinajstić information content (AvgIpc) is 3.24. The number of hydrogen-bond donors (Lipinski definition) is 1. The van der Waals surface area contributed by atoms with Gasteiger partial charge in [-0.3, -0.25) is 5.01 Å². The Morgan fingerprint density at radius 1 is 0.969 bits per heavy atom. The number of nitrogens with two attached hydrogens (primary N) is 1. The van der Waals surface area contributed by atoms with Gasteiger partial charge in [0.25, 0.3) is 0 Å². The maximum atomic E-state index is 11.6. The minimum absolute atomic E-state index is 0.0463. The summed E-state index contributed by atoms with van der Waals surface area (Å²) < 4.78 is 34.1. The van der Waals surface area contributed by atoms with Crippen molar-refractivity contribution >= 4 is 33.0 Å². The van der Waals surface area contributed by atoms with Crippen molar-refractivity contribution in [1.82, 2.24) is 0 Å². The van der Waals surface area contributed by atoms with Crippen molar-refractivity contribution in [3.63, 3.8) is 0 Å². The van der Waals surface area contributed by atoms with Gasteiger partial charge >= 0.3 is 0 Å². The second-order valence-corrected chi connectivity index (χ2v) is 9.27. The molecule has 1 aliphatic rings. The zero-order valence-electron chi connectivity index (χ0n) is 17.5. The topological polar surface area (TPSA) is 94.2 Å². The molecule has 32 heavy (non-hydrogen) atoms. The molecule has 0 unspecified atom stereocenters. The molecule has 0 radical (unpaired) electrons. The highest BCUT2D eigenvalue weighted by Gasteiger charge is 2.31. The highest BCUT2D eigenvalue weighted by Crippen LogP contribution is 2.40. The van der Waals surface area contributed by atoms with E-state index in [1.807, 2.05) is 47.5 Å². The smallest absolute Gasteiger partial charge is 0.238 e. The zero-order chi connectivity index (χ0) is 22.9. The minimum atomic E-state index is -3.78. The van der Waals surface area contributed by atoms with Crippen LogP contribution in [0.4, 0.5) is 5.69 Å². The summed E-state index contributed by atoms with van der Waals surface area (Å²) >= 11 is 6.05. The van der Waals surface area contributed by atoms with Gasteiger partial charge in [0.2, 0.25) is 10.0 Å².